The van der Waals surface area contributed by atoms with Gasteiger partial charge in [-0.2, -0.15) is 11.8 Å². The maximum absolute atomic E-state index is 11.3. The Kier molecular flexibility index (Phi) is 10.4. The third kappa shape index (κ3) is 7.78. The average Bonchev–Trinajstić information content (AvgIpc) is 2.61. The molecule has 1 aromatic rings. The molecule has 1 aliphatic heterocycles. The molecule has 0 spiro atoms. The molecule has 1 aromatic carbocycles. The molecule has 3 N–H and O–H groups in total. The van der Waals surface area contributed by atoms with Gasteiger partial charge in [-0.15, -0.1) is 24.0 Å². The molecule has 6 nitrogen and oxygen atoms in total. The molecule has 1 fully saturated rings. The Balaban J connectivity index is 0.00000364. The lowest BCUT2D eigenvalue weighted by Gasteiger charge is -2.36. The summed E-state index contributed by atoms with van der Waals surface area (Å²) in [5.74, 6) is 2.75. The van der Waals surface area contributed by atoms with Crippen molar-refractivity contribution in [2.24, 2.45) is 16.0 Å². The van der Waals surface area contributed by atoms with E-state index < -0.39 is 10.0 Å². The van der Waals surface area contributed by atoms with Crippen LogP contribution in [0.5, 0.6) is 0 Å². The van der Waals surface area contributed by atoms with Crippen LogP contribution in [0, 0.1) is 5.92 Å². The van der Waals surface area contributed by atoms with E-state index in [-0.39, 0.29) is 28.9 Å². The summed E-state index contributed by atoms with van der Waals surface area (Å²) in [6, 6.07) is 6.70. The van der Waals surface area contributed by atoms with Gasteiger partial charge < -0.3 is 10.2 Å². The molecule has 1 saturated heterocycles. The Morgan fingerprint density at radius 3 is 2.59 bits per heavy atom. The lowest BCUT2D eigenvalue weighted by atomic mass is 10.1. The van der Waals surface area contributed by atoms with Crippen LogP contribution in [0.3, 0.4) is 0 Å². The Bertz CT molecular complexity index is 709. The summed E-state index contributed by atoms with van der Waals surface area (Å²) in [6.45, 7) is 10.2. The van der Waals surface area contributed by atoms with E-state index in [2.05, 4.69) is 42.7 Å². The highest BCUT2D eigenvalue weighted by Crippen LogP contribution is 2.24. The minimum absolute atomic E-state index is 0. The van der Waals surface area contributed by atoms with Crippen LogP contribution < -0.4 is 10.5 Å². The molecule has 0 amide bonds. The largest absolute Gasteiger partial charge is 0.357 e. The lowest BCUT2D eigenvalue weighted by molar-refractivity contribution is 0.381. The Morgan fingerprint density at radius 2 is 2.04 bits per heavy atom. The van der Waals surface area contributed by atoms with E-state index in [1.165, 1.54) is 0 Å². The Morgan fingerprint density at radius 1 is 1.37 bits per heavy atom. The maximum atomic E-state index is 11.3. The second kappa shape index (κ2) is 11.5. The zero-order valence-corrected chi connectivity index (χ0v) is 20.2. The number of halogens is 1. The number of guanidine groups is 1. The fourth-order valence-corrected chi connectivity index (χ4v) is 4.65. The SMILES string of the molecule is CCNC(=NCCc1ccc(S(N)(=O)=O)cc1)N1CCSC(C(C)C)C1.I. The fraction of sp³-hybridized carbons (Fsp3) is 0.611. The smallest absolute Gasteiger partial charge is 0.238 e. The number of primary sulfonamides is 1. The topological polar surface area (TPSA) is 87.8 Å². The van der Waals surface area contributed by atoms with Crippen molar-refractivity contribution < 1.29 is 8.42 Å². The summed E-state index contributed by atoms with van der Waals surface area (Å²) in [6.07, 6.45) is 0.760. The molecule has 2 rings (SSSR count). The summed E-state index contributed by atoms with van der Waals surface area (Å²) >= 11 is 2.05. The van der Waals surface area contributed by atoms with Crippen molar-refractivity contribution in [2.45, 2.75) is 37.3 Å². The van der Waals surface area contributed by atoms with Crippen LogP contribution in [0.2, 0.25) is 0 Å². The number of aliphatic imine (C=N–C) groups is 1. The molecular formula is C18H31IN4O2S2. The molecular weight excluding hydrogens is 495 g/mol. The van der Waals surface area contributed by atoms with Gasteiger partial charge in [0, 0.05) is 37.2 Å². The molecule has 9 heteroatoms. The molecule has 1 heterocycles. The van der Waals surface area contributed by atoms with Crippen LogP contribution in [0.15, 0.2) is 34.2 Å². The number of nitrogens with two attached hydrogens (primary N) is 1. The zero-order valence-electron chi connectivity index (χ0n) is 16.2. The van der Waals surface area contributed by atoms with Crippen LogP contribution in [-0.4, -0.2) is 56.5 Å². The van der Waals surface area contributed by atoms with Crippen LogP contribution in [0.4, 0.5) is 0 Å². The Labute approximate surface area is 184 Å². The maximum Gasteiger partial charge on any atom is 0.238 e. The number of benzene rings is 1. The van der Waals surface area contributed by atoms with Crippen molar-refractivity contribution in [3.63, 3.8) is 0 Å². The van der Waals surface area contributed by atoms with E-state index >= 15 is 0 Å². The number of nitrogens with one attached hydrogen (secondary N) is 1. The van der Waals surface area contributed by atoms with Gasteiger partial charge in [0.2, 0.25) is 10.0 Å². The van der Waals surface area contributed by atoms with Gasteiger partial charge in [0.1, 0.15) is 0 Å². The number of thioether (sulfide) groups is 1. The molecule has 0 radical (unpaired) electrons. The third-order valence-corrected chi connectivity index (χ3v) is 6.85. The lowest BCUT2D eigenvalue weighted by Crippen LogP contribution is -2.49. The summed E-state index contributed by atoms with van der Waals surface area (Å²) in [4.78, 5) is 7.27. The molecule has 0 saturated carbocycles. The number of rotatable bonds is 6. The molecule has 1 aliphatic rings. The predicted octanol–water partition coefficient (Wildman–Crippen LogP) is 2.53. The summed E-state index contributed by atoms with van der Waals surface area (Å²) in [5.41, 5.74) is 1.05. The number of sulfonamides is 1. The van der Waals surface area contributed by atoms with E-state index in [0.29, 0.717) is 17.7 Å². The van der Waals surface area contributed by atoms with Crippen molar-refractivity contribution in [1.29, 1.82) is 0 Å². The van der Waals surface area contributed by atoms with Gasteiger partial charge in [0.25, 0.3) is 0 Å². The standard InChI is InChI=1S/C18H30N4O2S2.HI/c1-4-20-18(22-11-12-25-17(13-22)14(2)3)21-10-9-15-5-7-16(8-6-15)26(19,23)24;/h5-8,14,17H,4,9-13H2,1-3H3,(H,20,21)(H2,19,23,24);1H. The van der Waals surface area contributed by atoms with Crippen molar-refractivity contribution in [3.05, 3.63) is 29.8 Å². The minimum Gasteiger partial charge on any atom is -0.357 e. The van der Waals surface area contributed by atoms with Gasteiger partial charge in [0.05, 0.1) is 4.90 Å². The van der Waals surface area contributed by atoms with Crippen LogP contribution in [0.1, 0.15) is 26.3 Å². The van der Waals surface area contributed by atoms with Gasteiger partial charge in [-0.1, -0.05) is 26.0 Å². The molecule has 154 valence electrons. The summed E-state index contributed by atoms with van der Waals surface area (Å²) < 4.78 is 22.6. The van der Waals surface area contributed by atoms with E-state index in [4.69, 9.17) is 10.1 Å². The Hall–Kier alpha value is -0.520. The third-order valence-electron chi connectivity index (χ3n) is 4.39. The monoisotopic (exact) mass is 526 g/mol. The normalized spacial score (nSPS) is 18.3. The molecule has 1 atom stereocenters. The second-order valence-electron chi connectivity index (χ2n) is 6.77. The van der Waals surface area contributed by atoms with E-state index in [1.54, 1.807) is 24.3 Å². The molecule has 0 bridgehead atoms. The van der Waals surface area contributed by atoms with Crippen molar-refractivity contribution >= 4 is 51.7 Å². The van der Waals surface area contributed by atoms with Crippen LogP contribution >= 0.6 is 35.7 Å². The van der Waals surface area contributed by atoms with Gasteiger partial charge >= 0.3 is 0 Å². The van der Waals surface area contributed by atoms with Crippen molar-refractivity contribution in [1.82, 2.24) is 10.2 Å². The van der Waals surface area contributed by atoms with Crippen molar-refractivity contribution in [2.75, 3.05) is 31.9 Å². The summed E-state index contributed by atoms with van der Waals surface area (Å²) in [5, 5.41) is 9.17. The number of hydrogen-bond donors (Lipinski definition) is 2. The number of nitrogens with zero attached hydrogens (tertiary/aromatic N) is 2. The first-order valence-electron chi connectivity index (χ1n) is 9.08. The quantitative estimate of drug-likeness (QED) is 0.338. The molecule has 1 unspecified atom stereocenters. The van der Waals surface area contributed by atoms with Gasteiger partial charge in [-0.25, -0.2) is 13.6 Å². The fourth-order valence-electron chi connectivity index (χ4n) is 2.83. The second-order valence-corrected chi connectivity index (χ2v) is 9.68. The van der Waals surface area contributed by atoms with Gasteiger partial charge in [-0.3, -0.25) is 4.99 Å². The van der Waals surface area contributed by atoms with E-state index in [1.807, 2.05) is 0 Å². The van der Waals surface area contributed by atoms with Crippen molar-refractivity contribution in [3.8, 4) is 0 Å². The highest BCUT2D eigenvalue weighted by Gasteiger charge is 2.24. The van der Waals surface area contributed by atoms with E-state index in [9.17, 15) is 8.42 Å². The molecule has 27 heavy (non-hydrogen) atoms. The summed E-state index contributed by atoms with van der Waals surface area (Å²) in [7, 11) is -3.63. The van der Waals surface area contributed by atoms with Gasteiger partial charge in [0.15, 0.2) is 5.96 Å². The first-order chi connectivity index (χ1) is 12.3. The van der Waals surface area contributed by atoms with Crippen LogP contribution in [-0.2, 0) is 16.4 Å². The first kappa shape index (κ1) is 24.5. The highest BCUT2D eigenvalue weighted by atomic mass is 127. The predicted molar refractivity (Wildman–Crippen MR) is 126 cm³/mol. The highest BCUT2D eigenvalue weighted by molar-refractivity contribution is 14.0. The minimum atomic E-state index is -3.63. The number of hydrogen-bond acceptors (Lipinski definition) is 4. The van der Waals surface area contributed by atoms with Gasteiger partial charge in [-0.05, 0) is 37.0 Å². The molecule has 0 aromatic heterocycles. The zero-order chi connectivity index (χ0) is 19.2. The first-order valence-corrected chi connectivity index (χ1v) is 11.7. The molecule has 0 aliphatic carbocycles. The van der Waals surface area contributed by atoms with Crippen LogP contribution in [0.25, 0.3) is 0 Å². The van der Waals surface area contributed by atoms with E-state index in [0.717, 1.165) is 43.3 Å². The average molecular weight is 527 g/mol.